The van der Waals surface area contributed by atoms with E-state index in [4.69, 9.17) is 0 Å². The predicted molar refractivity (Wildman–Crippen MR) is 146 cm³/mol. The van der Waals surface area contributed by atoms with Crippen molar-refractivity contribution in [2.24, 2.45) is 5.92 Å². The van der Waals surface area contributed by atoms with Crippen LogP contribution in [0.25, 0.3) is 0 Å². The molecule has 2 saturated heterocycles. The number of likely N-dealkylation sites (tertiary alicyclic amines) is 2. The smallest absolute Gasteiger partial charge is 0.326 e. The number of alkyl halides is 3. The van der Waals surface area contributed by atoms with Gasteiger partial charge in [-0.05, 0) is 44.2 Å². The van der Waals surface area contributed by atoms with Crippen LogP contribution in [0.5, 0.6) is 0 Å². The summed E-state index contributed by atoms with van der Waals surface area (Å²) < 4.78 is 40.8. The molecular formula is C27H39ClF3N5O4. The highest BCUT2D eigenvalue weighted by molar-refractivity contribution is 5.91. The Morgan fingerprint density at radius 1 is 1.07 bits per heavy atom. The van der Waals surface area contributed by atoms with E-state index in [1.54, 1.807) is 49.1 Å². The Labute approximate surface area is 239 Å². The molecule has 3 atom stereocenters. The molecule has 0 saturated carbocycles. The van der Waals surface area contributed by atoms with Crippen molar-refractivity contribution in [3.05, 3.63) is 35.9 Å². The Kier molecular flexibility index (Phi) is 12.2. The molecule has 2 fully saturated rings. The first kappa shape index (κ1) is 33.3. The van der Waals surface area contributed by atoms with Gasteiger partial charge in [-0.15, -0.1) is 12.4 Å². The molecule has 0 radical (unpaired) electrons. The van der Waals surface area contributed by atoms with Crippen LogP contribution in [0.2, 0.25) is 0 Å². The Morgan fingerprint density at radius 3 is 2.23 bits per heavy atom. The zero-order valence-corrected chi connectivity index (χ0v) is 23.8. The fourth-order valence-corrected chi connectivity index (χ4v) is 5.32. The lowest BCUT2D eigenvalue weighted by molar-refractivity contribution is -0.179. The Balaban J connectivity index is 0.00000560. The maximum Gasteiger partial charge on any atom is 0.452 e. The first-order valence-corrected chi connectivity index (χ1v) is 13.4. The second kappa shape index (κ2) is 14.7. The number of Topliss-reactive ketones (excluding diaryl/α,β-unsaturated/α-hetero) is 1. The zero-order valence-electron chi connectivity index (χ0n) is 23.0. The molecule has 13 heteroatoms. The third kappa shape index (κ3) is 8.09. The standard InChI is InChI=1S/C27H38F3N5O4.ClH/c1-18(2)23(32-26(39)33-14-11-20(31-3)12-15-33)25(38)34-13-7-10-22(34)35(17-36)21(24(37)27(28,29)30)16-19-8-5-4-6-9-19;/h4-6,8-9,17-18,20-23,31H,7,10-16H2,1-3H3,(H,32,39);1H/t21-,22+,23-;/m0./s1. The first-order valence-electron chi connectivity index (χ1n) is 13.4. The van der Waals surface area contributed by atoms with Gasteiger partial charge in [0.25, 0.3) is 5.78 Å². The highest BCUT2D eigenvalue weighted by Gasteiger charge is 2.49. The molecule has 40 heavy (non-hydrogen) atoms. The van der Waals surface area contributed by atoms with Crippen LogP contribution >= 0.6 is 12.4 Å². The number of nitrogens with zero attached hydrogens (tertiary/aromatic N) is 3. The van der Waals surface area contributed by atoms with Gasteiger partial charge < -0.3 is 25.3 Å². The van der Waals surface area contributed by atoms with Gasteiger partial charge in [0.2, 0.25) is 12.3 Å². The van der Waals surface area contributed by atoms with E-state index in [2.05, 4.69) is 10.6 Å². The van der Waals surface area contributed by atoms with Crippen LogP contribution in [0.1, 0.15) is 45.1 Å². The largest absolute Gasteiger partial charge is 0.452 e. The molecule has 0 aromatic heterocycles. The van der Waals surface area contributed by atoms with E-state index < -0.39 is 36.1 Å². The normalized spacial score (nSPS) is 19.5. The first-order chi connectivity index (χ1) is 18.5. The van der Waals surface area contributed by atoms with Crippen molar-refractivity contribution in [3.63, 3.8) is 0 Å². The van der Waals surface area contributed by atoms with Gasteiger partial charge in [-0.3, -0.25) is 14.4 Å². The van der Waals surface area contributed by atoms with Gasteiger partial charge in [0, 0.05) is 32.1 Å². The number of halogens is 4. The summed E-state index contributed by atoms with van der Waals surface area (Å²) in [7, 11) is 1.87. The summed E-state index contributed by atoms with van der Waals surface area (Å²) in [6.45, 7) is 4.79. The molecule has 0 unspecified atom stereocenters. The molecule has 2 heterocycles. The highest BCUT2D eigenvalue weighted by atomic mass is 35.5. The van der Waals surface area contributed by atoms with Crippen molar-refractivity contribution in [2.75, 3.05) is 26.7 Å². The van der Waals surface area contributed by atoms with E-state index in [1.807, 2.05) is 7.05 Å². The number of rotatable bonds is 10. The quantitative estimate of drug-likeness (QED) is 0.409. The third-order valence-corrected chi connectivity index (χ3v) is 7.59. The van der Waals surface area contributed by atoms with Crippen LogP contribution in [-0.4, -0.2) is 96.0 Å². The van der Waals surface area contributed by atoms with Gasteiger partial charge >= 0.3 is 12.2 Å². The molecule has 2 aliphatic rings. The molecule has 9 nitrogen and oxygen atoms in total. The van der Waals surface area contributed by atoms with E-state index in [0.29, 0.717) is 31.1 Å². The van der Waals surface area contributed by atoms with Crippen LogP contribution in [0.4, 0.5) is 18.0 Å². The fourth-order valence-electron chi connectivity index (χ4n) is 5.32. The van der Waals surface area contributed by atoms with E-state index in [-0.39, 0.29) is 50.2 Å². The average Bonchev–Trinajstić information content (AvgIpc) is 3.40. The second-order valence-electron chi connectivity index (χ2n) is 10.5. The number of urea groups is 1. The summed E-state index contributed by atoms with van der Waals surface area (Å²) in [4.78, 5) is 55.3. The highest BCUT2D eigenvalue weighted by Crippen LogP contribution is 2.29. The maximum absolute atomic E-state index is 13.7. The lowest BCUT2D eigenvalue weighted by Crippen LogP contribution is -2.60. The van der Waals surface area contributed by atoms with Gasteiger partial charge in [-0.2, -0.15) is 13.2 Å². The lowest BCUT2D eigenvalue weighted by atomic mass is 9.99. The van der Waals surface area contributed by atoms with Crippen molar-refractivity contribution < 1.29 is 32.3 Å². The minimum absolute atomic E-state index is 0. The summed E-state index contributed by atoms with van der Waals surface area (Å²) in [6.07, 6.45) is -4.10. The predicted octanol–water partition coefficient (Wildman–Crippen LogP) is 2.98. The van der Waals surface area contributed by atoms with Crippen molar-refractivity contribution >= 4 is 36.5 Å². The number of ketones is 1. The van der Waals surface area contributed by atoms with E-state index >= 15 is 0 Å². The topological polar surface area (TPSA) is 102 Å². The molecule has 4 amide bonds. The maximum atomic E-state index is 13.7. The van der Waals surface area contributed by atoms with E-state index in [9.17, 15) is 32.3 Å². The lowest BCUT2D eigenvalue weighted by Gasteiger charge is -2.39. The van der Waals surface area contributed by atoms with Gasteiger partial charge in [0.1, 0.15) is 18.2 Å². The second-order valence-corrected chi connectivity index (χ2v) is 10.5. The third-order valence-electron chi connectivity index (χ3n) is 7.59. The van der Waals surface area contributed by atoms with E-state index in [0.717, 1.165) is 17.7 Å². The van der Waals surface area contributed by atoms with Gasteiger partial charge in [-0.25, -0.2) is 4.79 Å². The molecule has 2 N–H and O–H groups in total. The van der Waals surface area contributed by atoms with E-state index in [1.165, 1.54) is 4.90 Å². The number of hydrogen-bond acceptors (Lipinski definition) is 5. The van der Waals surface area contributed by atoms with Crippen molar-refractivity contribution in [2.45, 2.75) is 76.4 Å². The molecule has 3 rings (SSSR count). The van der Waals surface area contributed by atoms with Crippen molar-refractivity contribution in [3.8, 4) is 0 Å². The minimum atomic E-state index is -5.16. The van der Waals surface area contributed by atoms with Crippen LogP contribution in [-0.2, 0) is 20.8 Å². The van der Waals surface area contributed by atoms with Gasteiger partial charge in [0.05, 0.1) is 0 Å². The molecule has 0 spiro atoms. The number of hydrogen-bond donors (Lipinski definition) is 2. The zero-order chi connectivity index (χ0) is 28.7. The summed E-state index contributed by atoms with van der Waals surface area (Å²) in [5.74, 6) is -2.86. The molecule has 1 aromatic carbocycles. The van der Waals surface area contributed by atoms with Crippen LogP contribution in [0.15, 0.2) is 30.3 Å². The summed E-state index contributed by atoms with van der Waals surface area (Å²) >= 11 is 0. The van der Waals surface area contributed by atoms with Crippen LogP contribution in [0.3, 0.4) is 0 Å². The van der Waals surface area contributed by atoms with Crippen molar-refractivity contribution in [1.82, 2.24) is 25.3 Å². The fraction of sp³-hybridized carbons (Fsp3) is 0.630. The SMILES string of the molecule is CNC1CCN(C(=O)N[C@H](C(=O)N2CCC[C@H]2N(C=O)[C@@H](Cc2ccccc2)C(=O)C(F)(F)F)C(C)C)CC1.Cl. The molecule has 0 aliphatic carbocycles. The number of nitrogens with one attached hydrogen (secondary N) is 2. The average molecular weight is 590 g/mol. The molecule has 0 bridgehead atoms. The Hall–Kier alpha value is -2.86. The molecular weight excluding hydrogens is 551 g/mol. The number of carbonyl (C=O) groups is 4. The monoisotopic (exact) mass is 589 g/mol. The van der Waals surface area contributed by atoms with Gasteiger partial charge in [-0.1, -0.05) is 44.2 Å². The molecule has 2 aliphatic heterocycles. The Morgan fingerprint density at radius 2 is 1.70 bits per heavy atom. The summed E-state index contributed by atoms with van der Waals surface area (Å²) in [5.41, 5.74) is 0.456. The number of carbonyl (C=O) groups excluding carboxylic acids is 4. The Bertz CT molecular complexity index is 1010. The number of benzene rings is 1. The van der Waals surface area contributed by atoms with Gasteiger partial charge in [0.15, 0.2) is 0 Å². The molecule has 224 valence electrons. The van der Waals surface area contributed by atoms with Crippen LogP contribution < -0.4 is 10.6 Å². The molecule has 1 aromatic rings. The number of amides is 4. The van der Waals surface area contributed by atoms with Crippen LogP contribution in [0, 0.1) is 5.92 Å². The minimum Gasteiger partial charge on any atom is -0.326 e. The number of piperidine rings is 1. The van der Waals surface area contributed by atoms with Crippen molar-refractivity contribution in [1.29, 1.82) is 0 Å². The summed E-state index contributed by atoms with van der Waals surface area (Å²) in [6, 6.07) is 5.30. The summed E-state index contributed by atoms with van der Waals surface area (Å²) in [5, 5.41) is 6.00.